The van der Waals surface area contributed by atoms with Crippen LogP contribution in [0.2, 0.25) is 5.02 Å². The molecule has 0 bridgehead atoms. The number of hydrogen-bond donors (Lipinski definition) is 3. The minimum Gasteiger partial charge on any atom is -0.508 e. The number of hydrogen-bond acceptors (Lipinski definition) is 4. The van der Waals surface area contributed by atoms with Crippen LogP contribution in [0.5, 0.6) is 5.75 Å². The van der Waals surface area contributed by atoms with Crippen LogP contribution in [0.4, 0.5) is 0 Å². The van der Waals surface area contributed by atoms with Crippen LogP contribution >= 0.6 is 11.6 Å². The van der Waals surface area contributed by atoms with Crippen LogP contribution in [0.1, 0.15) is 15.9 Å². The molecule has 0 radical (unpaired) electrons. The lowest BCUT2D eigenvalue weighted by Crippen LogP contribution is -2.34. The van der Waals surface area contributed by atoms with Crippen molar-refractivity contribution in [2.24, 2.45) is 5.10 Å². The van der Waals surface area contributed by atoms with Gasteiger partial charge in [0.1, 0.15) is 5.75 Å². The summed E-state index contributed by atoms with van der Waals surface area (Å²) in [6.45, 7) is -0.210. The van der Waals surface area contributed by atoms with E-state index in [2.05, 4.69) is 15.8 Å². The fourth-order valence-corrected chi connectivity index (χ4v) is 1.86. The van der Waals surface area contributed by atoms with Gasteiger partial charge in [0.15, 0.2) is 0 Å². The van der Waals surface area contributed by atoms with E-state index >= 15 is 0 Å². The molecule has 2 amide bonds. The smallest absolute Gasteiger partial charge is 0.259 e. The Morgan fingerprint density at radius 1 is 1.17 bits per heavy atom. The van der Waals surface area contributed by atoms with Crippen molar-refractivity contribution in [3.63, 3.8) is 0 Å². The van der Waals surface area contributed by atoms with Crippen LogP contribution in [-0.2, 0) is 4.79 Å². The van der Waals surface area contributed by atoms with Crippen molar-refractivity contribution >= 4 is 29.6 Å². The summed E-state index contributed by atoms with van der Waals surface area (Å²) >= 11 is 5.79. The molecule has 0 saturated heterocycles. The Balaban J connectivity index is 1.78. The van der Waals surface area contributed by atoms with E-state index in [1.807, 2.05) is 0 Å². The number of carbonyl (C=O) groups is 2. The molecule has 23 heavy (non-hydrogen) atoms. The normalized spacial score (nSPS) is 10.5. The van der Waals surface area contributed by atoms with Crippen LogP contribution < -0.4 is 10.7 Å². The van der Waals surface area contributed by atoms with Crippen molar-refractivity contribution in [3.05, 3.63) is 64.7 Å². The van der Waals surface area contributed by atoms with Crippen molar-refractivity contribution < 1.29 is 14.7 Å². The number of amides is 2. The number of halogens is 1. The van der Waals surface area contributed by atoms with Gasteiger partial charge in [0, 0.05) is 10.6 Å². The van der Waals surface area contributed by atoms with E-state index in [0.717, 1.165) is 0 Å². The fraction of sp³-hybridized carbons (Fsp3) is 0.0625. The molecule has 2 aromatic rings. The van der Waals surface area contributed by atoms with Gasteiger partial charge in [-0.3, -0.25) is 9.59 Å². The van der Waals surface area contributed by atoms with Crippen molar-refractivity contribution in [1.29, 1.82) is 0 Å². The molecular weight excluding hydrogens is 318 g/mol. The topological polar surface area (TPSA) is 90.8 Å². The summed E-state index contributed by atoms with van der Waals surface area (Å²) in [6.07, 6.45) is 1.43. The van der Waals surface area contributed by atoms with E-state index in [9.17, 15) is 9.59 Å². The second-order valence-corrected chi connectivity index (χ2v) is 5.01. The third-order valence-electron chi connectivity index (χ3n) is 2.79. The van der Waals surface area contributed by atoms with E-state index in [-0.39, 0.29) is 12.3 Å². The van der Waals surface area contributed by atoms with Gasteiger partial charge >= 0.3 is 0 Å². The van der Waals surface area contributed by atoms with E-state index in [1.165, 1.54) is 24.4 Å². The standard InChI is InChI=1S/C16H14ClN3O3/c17-13-3-1-2-12(8-13)16(23)18-10-15(22)20-19-9-11-4-6-14(21)7-5-11/h1-9,21H,10H2,(H,18,23)(H,20,22)/b19-9-. The van der Waals surface area contributed by atoms with E-state index < -0.39 is 11.8 Å². The highest BCUT2D eigenvalue weighted by Crippen LogP contribution is 2.10. The number of benzene rings is 2. The van der Waals surface area contributed by atoms with E-state index in [4.69, 9.17) is 16.7 Å². The monoisotopic (exact) mass is 331 g/mol. The Hall–Kier alpha value is -2.86. The second kappa shape index (κ2) is 7.95. The molecule has 3 N–H and O–H groups in total. The maximum absolute atomic E-state index is 11.8. The summed E-state index contributed by atoms with van der Waals surface area (Å²) < 4.78 is 0. The first kappa shape index (κ1) is 16.5. The predicted molar refractivity (Wildman–Crippen MR) is 87.6 cm³/mol. The van der Waals surface area contributed by atoms with Crippen LogP contribution in [0.15, 0.2) is 53.6 Å². The molecule has 0 saturated carbocycles. The molecule has 0 spiro atoms. The third-order valence-corrected chi connectivity index (χ3v) is 3.03. The van der Waals surface area contributed by atoms with E-state index in [0.29, 0.717) is 16.1 Å². The average Bonchev–Trinajstić information content (AvgIpc) is 2.54. The summed E-state index contributed by atoms with van der Waals surface area (Å²) in [6, 6.07) is 12.7. The number of rotatable bonds is 5. The van der Waals surface area contributed by atoms with Gasteiger partial charge in [-0.05, 0) is 48.0 Å². The Morgan fingerprint density at radius 3 is 2.61 bits per heavy atom. The third kappa shape index (κ3) is 5.44. The van der Waals surface area contributed by atoms with Gasteiger partial charge in [-0.2, -0.15) is 5.10 Å². The highest BCUT2D eigenvalue weighted by molar-refractivity contribution is 6.30. The van der Waals surface area contributed by atoms with Gasteiger partial charge in [-0.15, -0.1) is 0 Å². The Kier molecular flexibility index (Phi) is 5.71. The molecule has 0 aliphatic rings. The van der Waals surface area contributed by atoms with Crippen molar-refractivity contribution in [1.82, 2.24) is 10.7 Å². The summed E-state index contributed by atoms with van der Waals surface area (Å²) in [7, 11) is 0. The summed E-state index contributed by atoms with van der Waals surface area (Å²) in [4.78, 5) is 23.4. The molecule has 2 rings (SSSR count). The van der Waals surface area contributed by atoms with Gasteiger partial charge in [-0.25, -0.2) is 5.43 Å². The zero-order chi connectivity index (χ0) is 16.7. The van der Waals surface area contributed by atoms with E-state index in [1.54, 1.807) is 30.3 Å². The highest BCUT2D eigenvalue weighted by Gasteiger charge is 2.07. The van der Waals surface area contributed by atoms with Crippen LogP contribution in [-0.4, -0.2) is 29.7 Å². The molecule has 7 heteroatoms. The maximum atomic E-state index is 11.8. The largest absolute Gasteiger partial charge is 0.508 e. The minimum atomic E-state index is -0.463. The zero-order valence-corrected chi connectivity index (χ0v) is 12.7. The molecule has 118 valence electrons. The predicted octanol–water partition coefficient (Wildman–Crippen LogP) is 1.93. The average molecular weight is 332 g/mol. The molecule has 0 aliphatic heterocycles. The van der Waals surface area contributed by atoms with Gasteiger partial charge < -0.3 is 10.4 Å². The fourth-order valence-electron chi connectivity index (χ4n) is 1.67. The highest BCUT2D eigenvalue weighted by atomic mass is 35.5. The first-order valence-electron chi connectivity index (χ1n) is 6.69. The lowest BCUT2D eigenvalue weighted by Gasteiger charge is -2.04. The summed E-state index contributed by atoms with van der Waals surface area (Å²) in [5.74, 6) is -0.713. The number of aromatic hydroxyl groups is 1. The number of nitrogens with one attached hydrogen (secondary N) is 2. The van der Waals surface area contributed by atoms with Gasteiger partial charge in [-0.1, -0.05) is 17.7 Å². The molecule has 0 fully saturated rings. The quantitative estimate of drug-likeness (QED) is 0.577. The Labute approximate surface area is 137 Å². The second-order valence-electron chi connectivity index (χ2n) is 4.58. The molecular formula is C16H14ClN3O3. The number of phenolic OH excluding ortho intramolecular Hbond substituents is 1. The Morgan fingerprint density at radius 2 is 1.91 bits per heavy atom. The molecule has 2 aromatic carbocycles. The van der Waals surface area contributed by atoms with Crippen molar-refractivity contribution in [2.75, 3.05) is 6.54 Å². The van der Waals surface area contributed by atoms with Crippen LogP contribution in [0, 0.1) is 0 Å². The molecule has 6 nitrogen and oxygen atoms in total. The molecule has 0 unspecified atom stereocenters. The lowest BCUT2D eigenvalue weighted by molar-refractivity contribution is -0.120. The van der Waals surface area contributed by atoms with Gasteiger partial charge in [0.05, 0.1) is 12.8 Å². The SMILES string of the molecule is O=C(CNC(=O)c1cccc(Cl)c1)N/N=C\c1ccc(O)cc1. The van der Waals surface area contributed by atoms with Crippen LogP contribution in [0.3, 0.4) is 0 Å². The maximum Gasteiger partial charge on any atom is 0.259 e. The zero-order valence-electron chi connectivity index (χ0n) is 12.0. The van der Waals surface area contributed by atoms with Gasteiger partial charge in [0.25, 0.3) is 11.8 Å². The number of hydrazone groups is 1. The summed E-state index contributed by atoms with van der Waals surface area (Å²) in [5, 5.41) is 15.8. The summed E-state index contributed by atoms with van der Waals surface area (Å²) in [5.41, 5.74) is 3.38. The first-order chi connectivity index (χ1) is 11.0. The van der Waals surface area contributed by atoms with Crippen molar-refractivity contribution in [3.8, 4) is 5.75 Å². The number of phenols is 1. The van der Waals surface area contributed by atoms with Gasteiger partial charge in [0.2, 0.25) is 0 Å². The first-order valence-corrected chi connectivity index (χ1v) is 7.07. The minimum absolute atomic E-state index is 0.148. The molecule has 0 aliphatic carbocycles. The molecule has 0 aromatic heterocycles. The molecule has 0 atom stereocenters. The van der Waals surface area contributed by atoms with Crippen LogP contribution in [0.25, 0.3) is 0 Å². The Bertz CT molecular complexity index is 730. The van der Waals surface area contributed by atoms with Crippen molar-refractivity contribution in [2.45, 2.75) is 0 Å². The number of nitrogens with zero attached hydrogens (tertiary/aromatic N) is 1. The lowest BCUT2D eigenvalue weighted by atomic mass is 10.2. The molecule has 0 heterocycles. The number of carbonyl (C=O) groups excluding carboxylic acids is 2.